The van der Waals surface area contributed by atoms with Gasteiger partial charge in [0, 0.05) is 23.1 Å². The number of benzene rings is 1. The van der Waals surface area contributed by atoms with E-state index in [0.29, 0.717) is 11.3 Å². The zero-order chi connectivity index (χ0) is 10.6. The number of ether oxygens (including phenoxy) is 1. The quantitative estimate of drug-likeness (QED) is 0.639. The van der Waals surface area contributed by atoms with Crippen LogP contribution < -0.4 is 4.74 Å². The summed E-state index contributed by atoms with van der Waals surface area (Å²) in [6.45, 7) is 0. The van der Waals surface area contributed by atoms with Crippen molar-refractivity contribution in [2.45, 2.75) is 0 Å². The standard InChI is InChI=1S/C10H10O4.Se/c1-14-9-6-7(2-4-8(9)11)3-5-10(12)13;/h2-6,11H,1H3,(H,12,13);. The zero-order valence-corrected chi connectivity index (χ0v) is 9.72. The minimum atomic E-state index is -1.02. The molecule has 1 aromatic rings. The van der Waals surface area contributed by atoms with Crippen molar-refractivity contribution in [3.8, 4) is 11.5 Å². The van der Waals surface area contributed by atoms with Crippen molar-refractivity contribution in [3.05, 3.63) is 29.8 Å². The van der Waals surface area contributed by atoms with Crippen molar-refractivity contribution in [1.29, 1.82) is 0 Å². The number of phenolic OH excluding ortho intramolecular Hbond substituents is 1. The van der Waals surface area contributed by atoms with Gasteiger partial charge in [0.25, 0.3) is 0 Å². The average molecular weight is 273 g/mol. The summed E-state index contributed by atoms with van der Waals surface area (Å²) >= 11 is 0. The Labute approximate surface area is 97.7 Å². The van der Waals surface area contributed by atoms with Gasteiger partial charge in [-0.15, -0.1) is 0 Å². The summed E-state index contributed by atoms with van der Waals surface area (Å²) < 4.78 is 4.86. The Hall–Kier alpha value is -1.45. The summed E-state index contributed by atoms with van der Waals surface area (Å²) in [7, 11) is 1.43. The number of hydrogen-bond acceptors (Lipinski definition) is 3. The fourth-order valence-electron chi connectivity index (χ4n) is 0.965. The predicted molar refractivity (Wildman–Crippen MR) is 57.1 cm³/mol. The second kappa shape index (κ2) is 6.11. The number of aliphatic carboxylic acids is 1. The topological polar surface area (TPSA) is 66.8 Å². The molecule has 2 N–H and O–H groups in total. The van der Waals surface area contributed by atoms with E-state index in [4.69, 9.17) is 9.84 Å². The monoisotopic (exact) mass is 274 g/mol. The molecule has 80 valence electrons. The van der Waals surface area contributed by atoms with Crippen LogP contribution >= 0.6 is 0 Å². The summed E-state index contributed by atoms with van der Waals surface area (Å²) in [5, 5.41) is 17.6. The Kier molecular flexibility index (Phi) is 5.52. The third-order valence-corrected chi connectivity index (χ3v) is 1.62. The van der Waals surface area contributed by atoms with Gasteiger partial charge in [0.2, 0.25) is 0 Å². The number of aromatic hydroxyl groups is 1. The summed E-state index contributed by atoms with van der Waals surface area (Å²) in [5.41, 5.74) is 0.655. The van der Waals surface area contributed by atoms with E-state index < -0.39 is 5.97 Å². The van der Waals surface area contributed by atoms with Crippen LogP contribution in [0.4, 0.5) is 0 Å². The van der Waals surface area contributed by atoms with Gasteiger partial charge in [-0.3, -0.25) is 0 Å². The van der Waals surface area contributed by atoms with Gasteiger partial charge in [-0.1, -0.05) is 6.07 Å². The van der Waals surface area contributed by atoms with Crippen molar-refractivity contribution in [1.82, 2.24) is 0 Å². The first kappa shape index (κ1) is 13.5. The van der Waals surface area contributed by atoms with Crippen LogP contribution in [0, 0.1) is 0 Å². The Balaban J connectivity index is 0.00000196. The minimum absolute atomic E-state index is 0. The van der Waals surface area contributed by atoms with Crippen molar-refractivity contribution in [2.24, 2.45) is 0 Å². The van der Waals surface area contributed by atoms with Crippen molar-refractivity contribution in [2.75, 3.05) is 7.11 Å². The molecule has 0 fully saturated rings. The third-order valence-electron chi connectivity index (χ3n) is 1.62. The first-order valence-corrected chi connectivity index (χ1v) is 3.91. The van der Waals surface area contributed by atoms with Gasteiger partial charge in [0.05, 0.1) is 7.11 Å². The zero-order valence-electron chi connectivity index (χ0n) is 8.01. The number of carboxylic acids is 1. The number of phenols is 1. The molecule has 15 heavy (non-hydrogen) atoms. The van der Waals surface area contributed by atoms with E-state index in [2.05, 4.69) is 0 Å². The second-order valence-electron chi connectivity index (χ2n) is 2.60. The first-order chi connectivity index (χ1) is 6.63. The normalized spacial score (nSPS) is 9.67. The smallest absolute Gasteiger partial charge is 0.328 e. The fourth-order valence-corrected chi connectivity index (χ4v) is 0.965. The maximum Gasteiger partial charge on any atom is 0.328 e. The molecule has 0 saturated carbocycles. The molecule has 0 aliphatic heterocycles. The van der Waals surface area contributed by atoms with Gasteiger partial charge in [0.1, 0.15) is 0 Å². The molecule has 0 aromatic heterocycles. The minimum Gasteiger partial charge on any atom is -0.504 e. The van der Waals surface area contributed by atoms with Crippen LogP contribution in [0.2, 0.25) is 0 Å². The number of hydrogen-bond donors (Lipinski definition) is 2. The van der Waals surface area contributed by atoms with Crippen LogP contribution in [0.5, 0.6) is 11.5 Å². The van der Waals surface area contributed by atoms with Crippen LogP contribution in [-0.4, -0.2) is 40.4 Å². The third kappa shape index (κ3) is 4.06. The Morgan fingerprint density at radius 1 is 1.47 bits per heavy atom. The second-order valence-corrected chi connectivity index (χ2v) is 2.60. The van der Waals surface area contributed by atoms with Crippen LogP contribution in [0.3, 0.4) is 0 Å². The number of rotatable bonds is 3. The van der Waals surface area contributed by atoms with Gasteiger partial charge in [-0.2, -0.15) is 0 Å². The molecule has 0 spiro atoms. The molecule has 1 aromatic carbocycles. The van der Waals surface area contributed by atoms with Crippen molar-refractivity contribution >= 4 is 29.1 Å². The average Bonchev–Trinajstić information content (AvgIpc) is 2.16. The van der Waals surface area contributed by atoms with E-state index >= 15 is 0 Å². The number of carbonyl (C=O) groups is 1. The fraction of sp³-hybridized carbons (Fsp3) is 0.100. The van der Waals surface area contributed by atoms with Crippen LogP contribution in [0.25, 0.3) is 6.08 Å². The molecule has 0 bridgehead atoms. The van der Waals surface area contributed by atoms with E-state index in [1.54, 1.807) is 12.1 Å². The molecular weight excluding hydrogens is 263 g/mol. The molecule has 0 unspecified atom stereocenters. The molecule has 0 saturated heterocycles. The van der Waals surface area contributed by atoms with E-state index in [9.17, 15) is 9.90 Å². The number of methoxy groups -OCH3 is 1. The van der Waals surface area contributed by atoms with Gasteiger partial charge in [0.15, 0.2) is 11.5 Å². The largest absolute Gasteiger partial charge is 0.504 e. The van der Waals surface area contributed by atoms with Gasteiger partial charge >= 0.3 is 5.97 Å². The summed E-state index contributed by atoms with van der Waals surface area (Å²) in [6.07, 6.45) is 2.44. The Bertz CT molecular complexity index is 374. The SMILES string of the molecule is COc1cc(C=CC(=O)O)ccc1O.[Se]. The number of carboxylic acid groups (broad SMARTS) is 1. The van der Waals surface area contributed by atoms with Crippen molar-refractivity contribution < 1.29 is 19.7 Å². The molecule has 0 atom stereocenters. The molecule has 4 nitrogen and oxygen atoms in total. The summed E-state index contributed by atoms with van der Waals surface area (Å²) in [5.74, 6) is -0.672. The molecule has 0 aliphatic rings. The van der Waals surface area contributed by atoms with E-state index in [0.717, 1.165) is 6.08 Å². The predicted octanol–water partition coefficient (Wildman–Crippen LogP) is 1.12. The summed E-state index contributed by atoms with van der Waals surface area (Å²) in [6, 6.07) is 4.59. The molecule has 2 radical (unpaired) electrons. The summed E-state index contributed by atoms with van der Waals surface area (Å²) in [4.78, 5) is 10.2. The Morgan fingerprint density at radius 2 is 2.13 bits per heavy atom. The molecule has 0 amide bonds. The Morgan fingerprint density at radius 3 is 2.67 bits per heavy atom. The van der Waals surface area contributed by atoms with E-state index in [1.165, 1.54) is 19.3 Å². The van der Waals surface area contributed by atoms with Crippen LogP contribution in [-0.2, 0) is 4.79 Å². The van der Waals surface area contributed by atoms with Crippen LogP contribution in [0.15, 0.2) is 24.3 Å². The molecular formula is C10H10O4Se. The molecule has 0 aliphatic carbocycles. The van der Waals surface area contributed by atoms with Gasteiger partial charge < -0.3 is 14.9 Å². The first-order valence-electron chi connectivity index (χ1n) is 3.91. The van der Waals surface area contributed by atoms with Crippen molar-refractivity contribution in [3.63, 3.8) is 0 Å². The van der Waals surface area contributed by atoms with Gasteiger partial charge in [-0.05, 0) is 23.8 Å². The maximum absolute atomic E-state index is 10.2. The molecule has 1 rings (SSSR count). The van der Waals surface area contributed by atoms with Crippen LogP contribution in [0.1, 0.15) is 5.56 Å². The maximum atomic E-state index is 10.2. The molecule has 0 heterocycles. The molecule has 5 heteroatoms. The van der Waals surface area contributed by atoms with E-state index in [1.807, 2.05) is 0 Å². The van der Waals surface area contributed by atoms with E-state index in [-0.39, 0.29) is 22.8 Å². The van der Waals surface area contributed by atoms with Gasteiger partial charge in [-0.25, -0.2) is 4.79 Å².